The van der Waals surface area contributed by atoms with Crippen LogP contribution in [0.1, 0.15) is 0 Å². The van der Waals surface area contributed by atoms with Crippen LogP contribution in [0.5, 0.6) is 0 Å². The fourth-order valence-corrected chi connectivity index (χ4v) is 2.18. The van der Waals surface area contributed by atoms with Gasteiger partial charge >= 0.3 is 5.69 Å². The second-order valence-corrected chi connectivity index (χ2v) is 4.41. The number of nitro benzene ring substituents is 1. The third kappa shape index (κ3) is 1.74. The van der Waals surface area contributed by atoms with Crippen molar-refractivity contribution in [2.75, 3.05) is 5.32 Å². The number of rotatable bonds is 3. The van der Waals surface area contributed by atoms with Crippen molar-refractivity contribution in [1.29, 1.82) is 0 Å². The van der Waals surface area contributed by atoms with E-state index in [0.29, 0.717) is 22.2 Å². The molecule has 0 aliphatic heterocycles. The van der Waals surface area contributed by atoms with Crippen molar-refractivity contribution in [3.8, 4) is 0 Å². The van der Waals surface area contributed by atoms with Crippen LogP contribution in [0, 0.1) is 10.1 Å². The van der Waals surface area contributed by atoms with Crippen molar-refractivity contribution >= 4 is 39.1 Å². The highest BCUT2D eigenvalue weighted by molar-refractivity contribution is 5.95. The number of anilines is 2. The van der Waals surface area contributed by atoms with Crippen molar-refractivity contribution in [3.05, 3.63) is 40.4 Å². The Balaban J connectivity index is 1.89. The number of nitrogens with one attached hydrogen (secondary N) is 1. The highest BCUT2D eigenvalue weighted by Gasteiger charge is 2.23. The van der Waals surface area contributed by atoms with Crippen LogP contribution in [0.15, 0.2) is 39.6 Å². The summed E-state index contributed by atoms with van der Waals surface area (Å²) < 4.78 is 9.22. The van der Waals surface area contributed by atoms with Crippen LogP contribution in [0.25, 0.3) is 22.1 Å². The fourth-order valence-electron chi connectivity index (χ4n) is 2.18. The third-order valence-electron chi connectivity index (χ3n) is 3.14. The molecule has 2 aromatic heterocycles. The van der Waals surface area contributed by atoms with Crippen LogP contribution >= 0.6 is 0 Å². The molecule has 0 bridgehead atoms. The van der Waals surface area contributed by atoms with Gasteiger partial charge in [-0.15, -0.1) is 0 Å². The summed E-state index contributed by atoms with van der Waals surface area (Å²) in [5.74, 6) is 0. The number of nitro groups is 1. The van der Waals surface area contributed by atoms with Crippen molar-refractivity contribution in [1.82, 2.24) is 20.6 Å². The van der Waals surface area contributed by atoms with Gasteiger partial charge in [-0.1, -0.05) is 6.07 Å². The standard InChI is InChI=1S/C12H6N6O4/c19-18(20)12-9(5-4-8-11(12)17-22-15-8)13-6-2-1-3-7-10(6)16-21-14-7/h1-5,13H. The summed E-state index contributed by atoms with van der Waals surface area (Å²) in [6.45, 7) is 0. The summed E-state index contributed by atoms with van der Waals surface area (Å²) in [4.78, 5) is 10.8. The number of fused-ring (bicyclic) bond motifs is 2. The van der Waals surface area contributed by atoms with Crippen LogP contribution in [0.2, 0.25) is 0 Å². The van der Waals surface area contributed by atoms with Crippen molar-refractivity contribution in [2.24, 2.45) is 0 Å². The minimum absolute atomic E-state index is 0.0699. The van der Waals surface area contributed by atoms with E-state index in [1.165, 1.54) is 6.07 Å². The topological polar surface area (TPSA) is 133 Å². The fraction of sp³-hybridized carbons (Fsp3) is 0. The molecule has 2 aromatic carbocycles. The maximum Gasteiger partial charge on any atom is 0.323 e. The molecule has 4 rings (SSSR count). The molecule has 0 aliphatic carbocycles. The minimum atomic E-state index is -0.546. The number of aromatic nitrogens is 4. The molecule has 10 heteroatoms. The summed E-state index contributed by atoms with van der Waals surface area (Å²) in [5.41, 5.74) is 1.92. The number of hydrogen-bond donors (Lipinski definition) is 1. The first kappa shape index (κ1) is 12.2. The van der Waals surface area contributed by atoms with Crippen LogP contribution < -0.4 is 5.32 Å². The smallest absolute Gasteiger partial charge is 0.323 e. The van der Waals surface area contributed by atoms with Gasteiger partial charge in [-0.25, -0.2) is 9.26 Å². The molecule has 0 aliphatic rings. The van der Waals surface area contributed by atoms with Crippen LogP contribution in [0.4, 0.5) is 17.1 Å². The van der Waals surface area contributed by atoms with Gasteiger partial charge in [-0.3, -0.25) is 10.1 Å². The minimum Gasteiger partial charge on any atom is -0.348 e. The third-order valence-corrected chi connectivity index (χ3v) is 3.14. The second-order valence-electron chi connectivity index (χ2n) is 4.41. The molecule has 10 nitrogen and oxygen atoms in total. The van der Waals surface area contributed by atoms with Crippen molar-refractivity contribution in [2.45, 2.75) is 0 Å². The Hall–Kier alpha value is -3.56. The van der Waals surface area contributed by atoms with Crippen molar-refractivity contribution in [3.63, 3.8) is 0 Å². The molecular formula is C12H6N6O4. The number of hydrogen-bond acceptors (Lipinski definition) is 9. The maximum atomic E-state index is 11.3. The monoisotopic (exact) mass is 298 g/mol. The zero-order valence-corrected chi connectivity index (χ0v) is 10.8. The SMILES string of the molecule is O=[N+]([O-])c1c(Nc2cccc3nonc23)ccc2nonc12. The first-order valence-electron chi connectivity index (χ1n) is 6.12. The predicted molar refractivity (Wildman–Crippen MR) is 73.5 cm³/mol. The van der Waals surface area contributed by atoms with E-state index in [9.17, 15) is 10.1 Å². The highest BCUT2D eigenvalue weighted by atomic mass is 16.6. The quantitative estimate of drug-likeness (QED) is 0.447. The van der Waals surface area contributed by atoms with E-state index in [2.05, 4.69) is 35.2 Å². The Labute approximate surface area is 120 Å². The average Bonchev–Trinajstić information content (AvgIpc) is 3.15. The largest absolute Gasteiger partial charge is 0.348 e. The summed E-state index contributed by atoms with van der Waals surface area (Å²) in [5, 5.41) is 29.0. The molecule has 22 heavy (non-hydrogen) atoms. The Bertz CT molecular complexity index is 1010. The summed E-state index contributed by atoms with van der Waals surface area (Å²) in [7, 11) is 0. The van der Waals surface area contributed by atoms with E-state index < -0.39 is 4.92 Å². The molecule has 0 saturated carbocycles. The van der Waals surface area contributed by atoms with Gasteiger partial charge in [0.15, 0.2) is 5.52 Å². The summed E-state index contributed by atoms with van der Waals surface area (Å²) in [6, 6.07) is 8.26. The van der Waals surface area contributed by atoms with E-state index in [4.69, 9.17) is 0 Å². The molecule has 0 spiro atoms. The molecule has 108 valence electrons. The van der Waals surface area contributed by atoms with Gasteiger partial charge in [0.2, 0.25) is 5.52 Å². The van der Waals surface area contributed by atoms with Gasteiger partial charge in [0.05, 0.1) is 10.6 Å². The highest BCUT2D eigenvalue weighted by Crippen LogP contribution is 2.34. The molecule has 4 aromatic rings. The second kappa shape index (κ2) is 4.48. The van der Waals surface area contributed by atoms with Crippen LogP contribution in [0.3, 0.4) is 0 Å². The lowest BCUT2D eigenvalue weighted by Gasteiger charge is -2.06. The van der Waals surface area contributed by atoms with Gasteiger partial charge in [0.25, 0.3) is 0 Å². The molecular weight excluding hydrogens is 292 g/mol. The molecule has 0 saturated heterocycles. The lowest BCUT2D eigenvalue weighted by molar-refractivity contribution is -0.382. The zero-order valence-electron chi connectivity index (χ0n) is 10.8. The summed E-state index contributed by atoms with van der Waals surface area (Å²) in [6.07, 6.45) is 0. The predicted octanol–water partition coefficient (Wildman–Crippen LogP) is 2.41. The van der Waals surface area contributed by atoms with Crippen LogP contribution in [-0.4, -0.2) is 25.5 Å². The normalized spacial score (nSPS) is 11.1. The van der Waals surface area contributed by atoms with Crippen LogP contribution in [-0.2, 0) is 0 Å². The average molecular weight is 298 g/mol. The van der Waals surface area contributed by atoms with E-state index >= 15 is 0 Å². The molecule has 0 atom stereocenters. The Morgan fingerprint density at radius 3 is 2.41 bits per heavy atom. The van der Waals surface area contributed by atoms with Gasteiger partial charge in [0, 0.05) is 0 Å². The Morgan fingerprint density at radius 2 is 1.64 bits per heavy atom. The van der Waals surface area contributed by atoms with Gasteiger partial charge in [-0.2, -0.15) is 0 Å². The van der Waals surface area contributed by atoms with E-state index in [1.54, 1.807) is 24.3 Å². The van der Waals surface area contributed by atoms with Gasteiger partial charge in [-0.05, 0) is 44.9 Å². The van der Waals surface area contributed by atoms with E-state index in [-0.39, 0.29) is 16.9 Å². The molecule has 0 fully saturated rings. The lowest BCUT2D eigenvalue weighted by atomic mass is 10.2. The molecule has 1 N–H and O–H groups in total. The first-order valence-corrected chi connectivity index (χ1v) is 6.12. The van der Waals surface area contributed by atoms with Gasteiger partial charge in [0.1, 0.15) is 16.7 Å². The Morgan fingerprint density at radius 1 is 0.909 bits per heavy atom. The number of nitrogens with zero attached hydrogens (tertiary/aromatic N) is 5. The Kier molecular flexibility index (Phi) is 2.48. The maximum absolute atomic E-state index is 11.3. The molecule has 0 radical (unpaired) electrons. The lowest BCUT2D eigenvalue weighted by Crippen LogP contribution is -1.98. The van der Waals surface area contributed by atoms with Crippen molar-refractivity contribution < 1.29 is 14.2 Å². The summed E-state index contributed by atoms with van der Waals surface area (Å²) >= 11 is 0. The first-order chi connectivity index (χ1) is 10.7. The van der Waals surface area contributed by atoms with Gasteiger partial charge < -0.3 is 5.32 Å². The van der Waals surface area contributed by atoms with E-state index in [1.807, 2.05) is 0 Å². The number of benzene rings is 2. The molecule has 0 amide bonds. The van der Waals surface area contributed by atoms with E-state index in [0.717, 1.165) is 0 Å². The zero-order chi connectivity index (χ0) is 15.1. The molecule has 2 heterocycles. The molecule has 0 unspecified atom stereocenters.